The number of amides is 1. The molecular weight excluding hydrogens is 329 g/mol. The van der Waals surface area contributed by atoms with Gasteiger partial charge in [-0.25, -0.2) is 9.78 Å². The molecule has 128 valence electrons. The smallest absolute Gasteiger partial charge is 0.416 e. The van der Waals surface area contributed by atoms with E-state index < -0.39 is 29.7 Å². The number of benzene rings is 1. The highest BCUT2D eigenvalue weighted by atomic mass is 19.4. The van der Waals surface area contributed by atoms with E-state index in [0.717, 1.165) is 25.8 Å². The summed E-state index contributed by atoms with van der Waals surface area (Å²) in [7, 11) is 1.06. The van der Waals surface area contributed by atoms with Crippen molar-refractivity contribution >= 4 is 11.9 Å². The Labute approximate surface area is 134 Å². The Kier molecular flexibility index (Phi) is 4.91. The molecule has 0 spiro atoms. The Hall–Kier alpha value is -2.84. The van der Waals surface area contributed by atoms with Crippen LogP contribution >= 0.6 is 0 Å². The minimum absolute atomic E-state index is 0.00331. The largest absolute Gasteiger partial charge is 0.467 e. The average molecular weight is 342 g/mol. The van der Waals surface area contributed by atoms with Crippen molar-refractivity contribution in [2.75, 3.05) is 7.11 Å². The monoisotopic (exact) mass is 342 g/mol. The zero-order valence-corrected chi connectivity index (χ0v) is 12.7. The number of methoxy groups -OCH3 is 1. The van der Waals surface area contributed by atoms with E-state index in [0.29, 0.717) is 0 Å². The molecule has 1 N–H and O–H groups in total. The quantitative estimate of drug-likeness (QED) is 0.864. The second-order valence-corrected chi connectivity index (χ2v) is 4.87. The molecule has 24 heavy (non-hydrogen) atoms. The first kappa shape index (κ1) is 17.5. The number of nitrogens with one attached hydrogen (secondary N) is 1. The van der Waals surface area contributed by atoms with Gasteiger partial charge in [-0.3, -0.25) is 4.79 Å². The molecule has 2 rings (SSSR count). The fourth-order valence-electron chi connectivity index (χ4n) is 2.05. The molecule has 0 radical (unpaired) electrons. The molecule has 1 amide bonds. The molecular formula is C15H13F3N2O4. The molecule has 0 saturated heterocycles. The third-order valence-electron chi connectivity index (χ3n) is 3.27. The summed E-state index contributed by atoms with van der Waals surface area (Å²) in [4.78, 5) is 27.4. The number of aryl methyl sites for hydroxylation is 1. The van der Waals surface area contributed by atoms with Crippen LogP contribution in [0.2, 0.25) is 0 Å². The van der Waals surface area contributed by atoms with Gasteiger partial charge in [0, 0.05) is 0 Å². The lowest BCUT2D eigenvalue weighted by molar-refractivity contribution is -0.143. The van der Waals surface area contributed by atoms with Crippen molar-refractivity contribution in [3.63, 3.8) is 0 Å². The molecule has 0 aliphatic heterocycles. The van der Waals surface area contributed by atoms with Gasteiger partial charge in [-0.1, -0.05) is 12.1 Å². The number of esters is 1. The molecule has 9 heteroatoms. The van der Waals surface area contributed by atoms with Gasteiger partial charge in [0.2, 0.25) is 5.76 Å². The first-order chi connectivity index (χ1) is 11.2. The number of carbonyl (C=O) groups is 2. The van der Waals surface area contributed by atoms with Crippen LogP contribution < -0.4 is 5.32 Å². The van der Waals surface area contributed by atoms with Crippen molar-refractivity contribution in [3.8, 4) is 0 Å². The van der Waals surface area contributed by atoms with Crippen molar-refractivity contribution in [1.82, 2.24) is 10.3 Å². The Balaban J connectivity index is 2.38. The lowest BCUT2D eigenvalue weighted by atomic mass is 9.99. The zero-order valence-electron chi connectivity index (χ0n) is 12.7. The predicted molar refractivity (Wildman–Crippen MR) is 74.9 cm³/mol. The molecule has 1 unspecified atom stereocenters. The summed E-state index contributed by atoms with van der Waals surface area (Å²) >= 11 is 0. The van der Waals surface area contributed by atoms with Crippen LogP contribution in [0.15, 0.2) is 35.2 Å². The maximum atomic E-state index is 13.0. The van der Waals surface area contributed by atoms with Crippen LogP contribution in [0.25, 0.3) is 0 Å². The summed E-state index contributed by atoms with van der Waals surface area (Å²) in [6.07, 6.45) is -2.47. The average Bonchev–Trinajstić information content (AvgIpc) is 3.05. The predicted octanol–water partition coefficient (Wildman–Crippen LogP) is 2.65. The molecule has 6 nitrogen and oxygen atoms in total. The number of ether oxygens (including phenoxy) is 1. The number of carbonyl (C=O) groups excluding carboxylic acids is 2. The first-order valence-corrected chi connectivity index (χ1v) is 6.69. The number of halogens is 3. The van der Waals surface area contributed by atoms with Crippen LogP contribution in [0.4, 0.5) is 13.2 Å². The molecule has 1 aromatic heterocycles. The Morgan fingerprint density at radius 1 is 1.33 bits per heavy atom. The van der Waals surface area contributed by atoms with Crippen LogP contribution in [0.5, 0.6) is 0 Å². The fraction of sp³-hybridized carbons (Fsp3) is 0.267. The third-order valence-corrected chi connectivity index (χ3v) is 3.27. The summed E-state index contributed by atoms with van der Waals surface area (Å²) in [6.45, 7) is 1.30. The minimum Gasteiger partial charge on any atom is -0.467 e. The third kappa shape index (κ3) is 3.73. The standard InChI is InChI=1S/C15H13F3N2O4/c1-8-3-4-9(5-10(8)15(16,17)18)12(14(22)23-2)20-13(21)11-6-19-7-24-11/h3-7,12H,1-2H3,(H,20,21). The van der Waals surface area contributed by atoms with Gasteiger partial charge in [0.05, 0.1) is 18.9 Å². The number of hydrogen-bond acceptors (Lipinski definition) is 5. The van der Waals surface area contributed by atoms with Crippen molar-refractivity contribution in [1.29, 1.82) is 0 Å². The Morgan fingerprint density at radius 2 is 2.04 bits per heavy atom. The summed E-state index contributed by atoms with van der Waals surface area (Å²) in [5, 5.41) is 2.27. The maximum absolute atomic E-state index is 13.0. The second kappa shape index (κ2) is 6.73. The first-order valence-electron chi connectivity index (χ1n) is 6.69. The van der Waals surface area contributed by atoms with E-state index in [1.165, 1.54) is 19.1 Å². The highest BCUT2D eigenvalue weighted by Gasteiger charge is 2.34. The minimum atomic E-state index is -4.59. The molecule has 0 aliphatic rings. The SMILES string of the molecule is COC(=O)C(NC(=O)c1cnco1)c1ccc(C)c(C(F)(F)F)c1. The van der Waals surface area contributed by atoms with Crippen molar-refractivity contribution in [3.05, 3.63) is 53.2 Å². The van der Waals surface area contributed by atoms with Gasteiger partial charge in [-0.15, -0.1) is 0 Å². The van der Waals surface area contributed by atoms with Crippen LogP contribution in [0.1, 0.15) is 33.3 Å². The highest BCUT2D eigenvalue weighted by molar-refractivity contribution is 5.94. The van der Waals surface area contributed by atoms with Gasteiger partial charge in [0.25, 0.3) is 5.91 Å². The van der Waals surface area contributed by atoms with E-state index >= 15 is 0 Å². The van der Waals surface area contributed by atoms with Crippen LogP contribution in [0, 0.1) is 6.92 Å². The summed E-state index contributed by atoms with van der Waals surface area (Å²) < 4.78 is 48.4. The normalized spacial score (nSPS) is 12.5. The molecule has 0 saturated carbocycles. The molecule has 0 fully saturated rings. The lowest BCUT2D eigenvalue weighted by Crippen LogP contribution is -2.34. The number of hydrogen-bond donors (Lipinski definition) is 1. The molecule has 2 aromatic rings. The van der Waals surface area contributed by atoms with E-state index in [4.69, 9.17) is 4.42 Å². The summed E-state index contributed by atoms with van der Waals surface area (Å²) in [6, 6.07) is 1.91. The second-order valence-electron chi connectivity index (χ2n) is 4.87. The van der Waals surface area contributed by atoms with Gasteiger partial charge in [0.15, 0.2) is 12.4 Å². The Morgan fingerprint density at radius 3 is 2.58 bits per heavy atom. The van der Waals surface area contributed by atoms with Crippen LogP contribution in [-0.4, -0.2) is 24.0 Å². The van der Waals surface area contributed by atoms with Gasteiger partial charge < -0.3 is 14.5 Å². The zero-order chi connectivity index (χ0) is 17.9. The number of alkyl halides is 3. The van der Waals surface area contributed by atoms with Gasteiger partial charge in [0.1, 0.15) is 0 Å². The summed E-state index contributed by atoms with van der Waals surface area (Å²) in [5.74, 6) is -1.91. The topological polar surface area (TPSA) is 81.4 Å². The van der Waals surface area contributed by atoms with E-state index in [2.05, 4.69) is 15.0 Å². The van der Waals surface area contributed by atoms with E-state index in [1.807, 2.05) is 0 Å². The summed E-state index contributed by atoms with van der Waals surface area (Å²) in [5.41, 5.74) is -0.966. The molecule has 1 heterocycles. The van der Waals surface area contributed by atoms with E-state index in [-0.39, 0.29) is 16.9 Å². The van der Waals surface area contributed by atoms with Crippen LogP contribution in [0.3, 0.4) is 0 Å². The van der Waals surface area contributed by atoms with Crippen molar-refractivity contribution in [2.45, 2.75) is 19.1 Å². The fourth-order valence-corrected chi connectivity index (χ4v) is 2.05. The number of rotatable bonds is 4. The molecule has 1 atom stereocenters. The number of oxazole rings is 1. The van der Waals surface area contributed by atoms with Gasteiger partial charge >= 0.3 is 12.1 Å². The van der Waals surface area contributed by atoms with Crippen LogP contribution in [-0.2, 0) is 15.7 Å². The van der Waals surface area contributed by atoms with E-state index in [9.17, 15) is 22.8 Å². The Bertz CT molecular complexity index is 742. The lowest BCUT2D eigenvalue weighted by Gasteiger charge is -2.18. The molecule has 0 aliphatic carbocycles. The number of aromatic nitrogens is 1. The van der Waals surface area contributed by atoms with Gasteiger partial charge in [-0.2, -0.15) is 13.2 Å². The van der Waals surface area contributed by atoms with Gasteiger partial charge in [-0.05, 0) is 24.1 Å². The van der Waals surface area contributed by atoms with Crippen molar-refractivity contribution in [2.24, 2.45) is 0 Å². The van der Waals surface area contributed by atoms with E-state index in [1.54, 1.807) is 0 Å². The molecule has 1 aromatic carbocycles. The maximum Gasteiger partial charge on any atom is 0.416 e. The highest BCUT2D eigenvalue weighted by Crippen LogP contribution is 2.33. The molecule has 0 bridgehead atoms. The number of nitrogens with zero attached hydrogens (tertiary/aromatic N) is 1. The van der Waals surface area contributed by atoms with Crippen molar-refractivity contribution < 1.29 is 31.9 Å².